The Labute approximate surface area is 95.9 Å². The number of ether oxygens (including phenoxy) is 2. The van der Waals surface area contributed by atoms with Gasteiger partial charge in [-0.2, -0.15) is 0 Å². The molecule has 2 atom stereocenters. The van der Waals surface area contributed by atoms with Gasteiger partial charge in [-0.15, -0.1) is 0 Å². The summed E-state index contributed by atoms with van der Waals surface area (Å²) in [5, 5.41) is 0. The molecule has 2 nitrogen and oxygen atoms in total. The Balaban J connectivity index is 1.70. The van der Waals surface area contributed by atoms with Crippen LogP contribution >= 0.6 is 0 Å². The lowest BCUT2D eigenvalue weighted by Gasteiger charge is -2.25. The number of hydrogen-bond acceptors (Lipinski definition) is 2. The third kappa shape index (κ3) is 1.91. The number of benzene rings is 1. The molecule has 1 fully saturated rings. The lowest BCUT2D eigenvalue weighted by Crippen LogP contribution is -2.23. The summed E-state index contributed by atoms with van der Waals surface area (Å²) in [5.74, 6) is 0. The normalized spacial score (nSPS) is 28.0. The predicted molar refractivity (Wildman–Crippen MR) is 62.9 cm³/mol. The van der Waals surface area contributed by atoms with Crippen LogP contribution in [-0.2, 0) is 9.47 Å². The molecule has 0 radical (unpaired) electrons. The van der Waals surface area contributed by atoms with Crippen LogP contribution in [0.15, 0.2) is 30.3 Å². The monoisotopic (exact) mass is 216 g/mol. The van der Waals surface area contributed by atoms with Crippen LogP contribution in [-0.4, -0.2) is 12.9 Å². The van der Waals surface area contributed by atoms with Gasteiger partial charge < -0.3 is 9.47 Å². The van der Waals surface area contributed by atoms with E-state index < -0.39 is 0 Å². The van der Waals surface area contributed by atoms with Crippen LogP contribution in [0.25, 0.3) is 6.08 Å². The van der Waals surface area contributed by atoms with Crippen LogP contribution in [0.5, 0.6) is 0 Å². The fraction of sp³-hybridized carbons (Fsp3) is 0.429. The summed E-state index contributed by atoms with van der Waals surface area (Å²) in [6, 6.07) is 8.37. The van der Waals surface area contributed by atoms with Crippen molar-refractivity contribution in [3.8, 4) is 0 Å². The van der Waals surface area contributed by atoms with Gasteiger partial charge in [0.1, 0.15) is 6.10 Å². The van der Waals surface area contributed by atoms with Gasteiger partial charge >= 0.3 is 0 Å². The quantitative estimate of drug-likeness (QED) is 0.755. The number of hydrogen-bond donors (Lipinski definition) is 0. The van der Waals surface area contributed by atoms with Crippen LogP contribution in [0.3, 0.4) is 0 Å². The Bertz CT molecular complexity index is 391. The van der Waals surface area contributed by atoms with Crippen LogP contribution in [0.1, 0.15) is 36.5 Å². The van der Waals surface area contributed by atoms with Gasteiger partial charge in [0.25, 0.3) is 0 Å². The highest BCUT2D eigenvalue weighted by Gasteiger charge is 2.23. The molecule has 0 N–H and O–H groups in total. The summed E-state index contributed by atoms with van der Waals surface area (Å²) in [6.07, 6.45) is 7.70. The van der Waals surface area contributed by atoms with E-state index in [0.717, 1.165) is 19.4 Å². The fourth-order valence-corrected chi connectivity index (χ4v) is 2.32. The molecule has 3 rings (SSSR count). The van der Waals surface area contributed by atoms with Gasteiger partial charge in [-0.3, -0.25) is 0 Å². The highest BCUT2D eigenvalue weighted by molar-refractivity contribution is 5.61. The molecule has 1 aromatic carbocycles. The molecule has 0 amide bonds. The maximum absolute atomic E-state index is 5.97. The van der Waals surface area contributed by atoms with Gasteiger partial charge in [0, 0.05) is 6.61 Å². The van der Waals surface area contributed by atoms with Crippen molar-refractivity contribution in [1.29, 1.82) is 0 Å². The van der Waals surface area contributed by atoms with Crippen LogP contribution in [0, 0.1) is 0 Å². The van der Waals surface area contributed by atoms with Crippen molar-refractivity contribution >= 4 is 6.08 Å². The van der Waals surface area contributed by atoms with Crippen LogP contribution in [0.4, 0.5) is 0 Å². The molecule has 2 unspecified atom stereocenters. The van der Waals surface area contributed by atoms with Crippen molar-refractivity contribution in [3.63, 3.8) is 0 Å². The van der Waals surface area contributed by atoms with E-state index in [9.17, 15) is 0 Å². The SMILES string of the molecule is C1=CC(OC2CCCCO2)c2ccccc21. The van der Waals surface area contributed by atoms with Crippen LogP contribution in [0.2, 0.25) is 0 Å². The summed E-state index contributed by atoms with van der Waals surface area (Å²) in [5.41, 5.74) is 2.53. The Kier molecular flexibility index (Phi) is 2.77. The smallest absolute Gasteiger partial charge is 0.158 e. The molecule has 2 heteroatoms. The highest BCUT2D eigenvalue weighted by Crippen LogP contribution is 2.33. The lowest BCUT2D eigenvalue weighted by atomic mass is 10.1. The van der Waals surface area contributed by atoms with E-state index in [1.807, 2.05) is 0 Å². The Morgan fingerprint density at radius 1 is 1.19 bits per heavy atom. The Morgan fingerprint density at radius 3 is 3.00 bits per heavy atom. The predicted octanol–water partition coefficient (Wildman–Crippen LogP) is 3.30. The number of rotatable bonds is 2. The molecule has 1 heterocycles. The minimum absolute atomic E-state index is 0.0189. The summed E-state index contributed by atoms with van der Waals surface area (Å²) in [4.78, 5) is 0. The molecule has 1 aliphatic carbocycles. The molecular formula is C14H16O2. The first kappa shape index (κ1) is 10.1. The van der Waals surface area contributed by atoms with Crippen molar-refractivity contribution in [2.24, 2.45) is 0 Å². The van der Waals surface area contributed by atoms with Gasteiger partial charge in [-0.05, 0) is 30.4 Å². The highest BCUT2D eigenvalue weighted by atomic mass is 16.7. The molecule has 1 saturated heterocycles. The van der Waals surface area contributed by atoms with E-state index in [1.165, 1.54) is 17.5 Å². The average Bonchev–Trinajstić information content (AvgIpc) is 2.74. The van der Waals surface area contributed by atoms with E-state index in [0.29, 0.717) is 0 Å². The fourth-order valence-electron chi connectivity index (χ4n) is 2.32. The topological polar surface area (TPSA) is 18.5 Å². The third-order valence-corrected chi connectivity index (χ3v) is 3.19. The standard InChI is InChI=1S/C14H16O2/c1-2-6-12-11(5-1)8-9-13(12)16-14-7-3-4-10-15-14/h1-2,5-6,8-9,13-14H,3-4,7,10H2. The van der Waals surface area contributed by atoms with E-state index in [-0.39, 0.29) is 12.4 Å². The molecule has 0 spiro atoms. The number of fused-ring (bicyclic) bond motifs is 1. The zero-order valence-corrected chi connectivity index (χ0v) is 9.26. The van der Waals surface area contributed by atoms with E-state index in [2.05, 4.69) is 36.4 Å². The molecular weight excluding hydrogens is 200 g/mol. The largest absolute Gasteiger partial charge is 0.353 e. The van der Waals surface area contributed by atoms with Gasteiger partial charge in [0.2, 0.25) is 0 Å². The minimum atomic E-state index is -0.0189. The third-order valence-electron chi connectivity index (χ3n) is 3.19. The summed E-state index contributed by atoms with van der Waals surface area (Å²) in [7, 11) is 0. The Morgan fingerprint density at radius 2 is 2.12 bits per heavy atom. The second kappa shape index (κ2) is 4.40. The second-order valence-corrected chi connectivity index (χ2v) is 4.34. The van der Waals surface area contributed by atoms with E-state index in [1.54, 1.807) is 0 Å². The summed E-state index contributed by atoms with van der Waals surface area (Å²) >= 11 is 0. The van der Waals surface area contributed by atoms with Crippen molar-refractivity contribution in [2.75, 3.05) is 6.61 Å². The van der Waals surface area contributed by atoms with Crippen molar-refractivity contribution in [2.45, 2.75) is 31.7 Å². The Hall–Kier alpha value is -1.12. The van der Waals surface area contributed by atoms with E-state index in [4.69, 9.17) is 9.47 Å². The first-order valence-corrected chi connectivity index (χ1v) is 5.98. The van der Waals surface area contributed by atoms with Crippen molar-refractivity contribution in [1.82, 2.24) is 0 Å². The molecule has 84 valence electrons. The van der Waals surface area contributed by atoms with Gasteiger partial charge in [0.05, 0.1) is 0 Å². The maximum Gasteiger partial charge on any atom is 0.158 e. The molecule has 1 aliphatic heterocycles. The second-order valence-electron chi connectivity index (χ2n) is 4.34. The first-order chi connectivity index (χ1) is 7.93. The molecule has 0 bridgehead atoms. The summed E-state index contributed by atoms with van der Waals surface area (Å²) < 4.78 is 11.6. The molecule has 1 aromatic rings. The lowest BCUT2D eigenvalue weighted by molar-refractivity contribution is -0.179. The van der Waals surface area contributed by atoms with Crippen molar-refractivity contribution in [3.05, 3.63) is 41.5 Å². The zero-order valence-electron chi connectivity index (χ0n) is 9.26. The van der Waals surface area contributed by atoms with Gasteiger partial charge in [-0.25, -0.2) is 0 Å². The van der Waals surface area contributed by atoms with Crippen LogP contribution < -0.4 is 0 Å². The first-order valence-electron chi connectivity index (χ1n) is 5.98. The molecule has 16 heavy (non-hydrogen) atoms. The van der Waals surface area contributed by atoms with Gasteiger partial charge in [0.15, 0.2) is 6.29 Å². The molecule has 2 aliphatic rings. The average molecular weight is 216 g/mol. The van der Waals surface area contributed by atoms with Gasteiger partial charge in [-0.1, -0.05) is 36.4 Å². The molecule has 0 saturated carbocycles. The maximum atomic E-state index is 5.97. The minimum Gasteiger partial charge on any atom is -0.353 e. The summed E-state index contributed by atoms with van der Waals surface area (Å²) in [6.45, 7) is 0.836. The van der Waals surface area contributed by atoms with E-state index >= 15 is 0 Å². The van der Waals surface area contributed by atoms with Crippen molar-refractivity contribution < 1.29 is 9.47 Å². The molecule has 0 aromatic heterocycles. The zero-order chi connectivity index (χ0) is 10.8.